The summed E-state index contributed by atoms with van der Waals surface area (Å²) in [5, 5.41) is 12.7. The maximum absolute atomic E-state index is 13.9. The molecule has 5 heteroatoms. The molecule has 4 nitrogen and oxygen atoms in total. The lowest BCUT2D eigenvalue weighted by Gasteiger charge is -2.02. The van der Waals surface area contributed by atoms with Crippen molar-refractivity contribution in [2.45, 2.75) is 32.0 Å². The highest BCUT2D eigenvalue weighted by Crippen LogP contribution is 2.23. The van der Waals surface area contributed by atoms with Crippen molar-refractivity contribution in [2.75, 3.05) is 0 Å². The van der Waals surface area contributed by atoms with Crippen molar-refractivity contribution in [1.29, 1.82) is 0 Å². The number of nitrogens with one attached hydrogen (secondary N) is 1. The van der Waals surface area contributed by atoms with Gasteiger partial charge in [0.25, 0.3) is 0 Å². The van der Waals surface area contributed by atoms with Crippen LogP contribution in [0.3, 0.4) is 0 Å². The first-order valence-electron chi connectivity index (χ1n) is 8.26. The van der Waals surface area contributed by atoms with Gasteiger partial charge in [-0.3, -0.25) is 0 Å². The standard InChI is InChI=1S/C19H19FN4/c20-17-9-5-4-8-15(17)13-24-22-18(12-21-16-10-11-16)19(23-24)14-6-2-1-3-7-14/h1-9,16,21H,10-13H2. The molecule has 2 aromatic carbocycles. The molecule has 1 N–H and O–H groups in total. The summed E-state index contributed by atoms with van der Waals surface area (Å²) in [4.78, 5) is 1.59. The van der Waals surface area contributed by atoms with E-state index < -0.39 is 0 Å². The second-order valence-corrected chi connectivity index (χ2v) is 6.14. The summed E-state index contributed by atoms with van der Waals surface area (Å²) in [5.74, 6) is -0.228. The summed E-state index contributed by atoms with van der Waals surface area (Å²) in [5.41, 5.74) is 3.39. The van der Waals surface area contributed by atoms with Crippen molar-refractivity contribution in [2.24, 2.45) is 0 Å². The number of aromatic nitrogens is 3. The first kappa shape index (κ1) is 15.0. The lowest BCUT2D eigenvalue weighted by molar-refractivity contribution is 0.542. The minimum Gasteiger partial charge on any atom is -0.308 e. The van der Waals surface area contributed by atoms with E-state index in [2.05, 4.69) is 15.5 Å². The fourth-order valence-electron chi connectivity index (χ4n) is 2.70. The van der Waals surface area contributed by atoms with Gasteiger partial charge in [0, 0.05) is 23.7 Å². The maximum atomic E-state index is 13.9. The average molecular weight is 322 g/mol. The number of rotatable bonds is 6. The SMILES string of the molecule is Fc1ccccc1Cn1nc(CNC2CC2)c(-c2ccccc2)n1. The molecule has 0 spiro atoms. The van der Waals surface area contributed by atoms with Crippen molar-refractivity contribution in [3.63, 3.8) is 0 Å². The van der Waals surface area contributed by atoms with Gasteiger partial charge in [0.2, 0.25) is 0 Å². The molecule has 0 bridgehead atoms. The Morgan fingerprint density at radius 3 is 2.50 bits per heavy atom. The zero-order chi connectivity index (χ0) is 16.4. The number of hydrogen-bond donors (Lipinski definition) is 1. The molecule has 24 heavy (non-hydrogen) atoms. The van der Waals surface area contributed by atoms with Crippen molar-refractivity contribution < 1.29 is 4.39 Å². The van der Waals surface area contributed by atoms with E-state index in [4.69, 9.17) is 0 Å². The summed E-state index contributed by atoms with van der Waals surface area (Å²) < 4.78 is 13.9. The van der Waals surface area contributed by atoms with Crippen LogP contribution >= 0.6 is 0 Å². The third kappa shape index (κ3) is 3.36. The summed E-state index contributed by atoms with van der Waals surface area (Å²) in [6, 6.07) is 17.4. The van der Waals surface area contributed by atoms with Gasteiger partial charge in [-0.2, -0.15) is 15.0 Å². The Kier molecular flexibility index (Phi) is 4.09. The van der Waals surface area contributed by atoms with E-state index in [-0.39, 0.29) is 5.82 Å². The van der Waals surface area contributed by atoms with Crippen LogP contribution < -0.4 is 5.32 Å². The number of halogens is 1. The molecule has 1 heterocycles. The zero-order valence-electron chi connectivity index (χ0n) is 13.3. The van der Waals surface area contributed by atoms with E-state index in [1.165, 1.54) is 18.9 Å². The monoisotopic (exact) mass is 322 g/mol. The molecule has 3 aromatic rings. The molecule has 0 amide bonds. The van der Waals surface area contributed by atoms with E-state index in [1.54, 1.807) is 16.9 Å². The van der Waals surface area contributed by atoms with Crippen LogP contribution in [-0.4, -0.2) is 21.0 Å². The van der Waals surface area contributed by atoms with Crippen LogP contribution in [-0.2, 0) is 13.1 Å². The molecule has 122 valence electrons. The van der Waals surface area contributed by atoms with Gasteiger partial charge < -0.3 is 5.32 Å². The van der Waals surface area contributed by atoms with Gasteiger partial charge in [-0.25, -0.2) is 4.39 Å². The largest absolute Gasteiger partial charge is 0.308 e. The van der Waals surface area contributed by atoms with Crippen LogP contribution in [0.4, 0.5) is 4.39 Å². The van der Waals surface area contributed by atoms with Crippen molar-refractivity contribution in [1.82, 2.24) is 20.3 Å². The number of benzene rings is 2. The molecule has 1 aliphatic carbocycles. The highest BCUT2D eigenvalue weighted by Gasteiger charge is 2.22. The minimum atomic E-state index is -0.228. The second kappa shape index (κ2) is 6.53. The lowest BCUT2D eigenvalue weighted by atomic mass is 10.1. The highest BCUT2D eigenvalue weighted by molar-refractivity contribution is 5.60. The van der Waals surface area contributed by atoms with Crippen LogP contribution in [0, 0.1) is 5.82 Å². The molecule has 1 aliphatic rings. The maximum Gasteiger partial charge on any atom is 0.128 e. The summed E-state index contributed by atoms with van der Waals surface area (Å²) in [6.07, 6.45) is 2.45. The van der Waals surface area contributed by atoms with Gasteiger partial charge in [-0.15, -0.1) is 0 Å². The topological polar surface area (TPSA) is 42.7 Å². The van der Waals surface area contributed by atoms with Gasteiger partial charge in [0.1, 0.15) is 17.2 Å². The van der Waals surface area contributed by atoms with Crippen LogP contribution in [0.5, 0.6) is 0 Å². The van der Waals surface area contributed by atoms with E-state index in [9.17, 15) is 4.39 Å². The lowest BCUT2D eigenvalue weighted by Crippen LogP contribution is -2.16. The van der Waals surface area contributed by atoms with E-state index in [1.807, 2.05) is 36.4 Å². The van der Waals surface area contributed by atoms with Gasteiger partial charge in [-0.05, 0) is 18.9 Å². The Hall–Kier alpha value is -2.53. The Labute approximate surface area is 140 Å². The second-order valence-electron chi connectivity index (χ2n) is 6.14. The van der Waals surface area contributed by atoms with Crippen LogP contribution in [0.15, 0.2) is 54.6 Å². The summed E-state index contributed by atoms with van der Waals surface area (Å²) in [6.45, 7) is 1.02. The van der Waals surface area contributed by atoms with Crippen LogP contribution in [0.1, 0.15) is 24.1 Å². The molecular weight excluding hydrogens is 303 g/mol. The first-order valence-corrected chi connectivity index (χ1v) is 8.26. The van der Waals surface area contributed by atoms with Crippen LogP contribution in [0.25, 0.3) is 11.3 Å². The first-order chi connectivity index (χ1) is 11.8. The van der Waals surface area contributed by atoms with Crippen molar-refractivity contribution in [3.8, 4) is 11.3 Å². The zero-order valence-corrected chi connectivity index (χ0v) is 13.3. The third-order valence-corrected chi connectivity index (χ3v) is 4.18. The van der Waals surface area contributed by atoms with Crippen molar-refractivity contribution >= 4 is 0 Å². The van der Waals surface area contributed by atoms with E-state index in [0.29, 0.717) is 24.7 Å². The Morgan fingerprint density at radius 2 is 1.75 bits per heavy atom. The molecule has 0 aliphatic heterocycles. The molecule has 0 atom stereocenters. The Morgan fingerprint density at radius 1 is 1.00 bits per heavy atom. The van der Waals surface area contributed by atoms with Gasteiger partial charge >= 0.3 is 0 Å². The highest BCUT2D eigenvalue weighted by atomic mass is 19.1. The predicted octanol–water partition coefficient (Wildman–Crippen LogP) is 3.38. The van der Waals surface area contributed by atoms with E-state index in [0.717, 1.165) is 17.0 Å². The quantitative estimate of drug-likeness (QED) is 0.756. The van der Waals surface area contributed by atoms with Gasteiger partial charge in [0.15, 0.2) is 0 Å². The van der Waals surface area contributed by atoms with Crippen molar-refractivity contribution in [3.05, 3.63) is 71.7 Å². The molecular formula is C19H19FN4. The van der Waals surface area contributed by atoms with Gasteiger partial charge in [-0.1, -0.05) is 48.5 Å². The van der Waals surface area contributed by atoms with Gasteiger partial charge in [0.05, 0.1) is 6.54 Å². The normalized spacial score (nSPS) is 14.0. The fourth-order valence-corrected chi connectivity index (χ4v) is 2.70. The molecule has 0 saturated heterocycles. The Bertz CT molecular complexity index is 824. The molecule has 1 fully saturated rings. The molecule has 1 saturated carbocycles. The molecule has 4 rings (SSSR count). The molecule has 0 radical (unpaired) electrons. The minimum absolute atomic E-state index is 0.228. The smallest absolute Gasteiger partial charge is 0.128 e. The Balaban J connectivity index is 1.63. The molecule has 0 unspecified atom stereocenters. The fraction of sp³-hybridized carbons (Fsp3) is 0.263. The summed E-state index contributed by atoms with van der Waals surface area (Å²) >= 11 is 0. The van der Waals surface area contributed by atoms with Crippen LogP contribution in [0.2, 0.25) is 0 Å². The average Bonchev–Trinajstić information content (AvgIpc) is 3.36. The third-order valence-electron chi connectivity index (χ3n) is 4.18. The van der Waals surface area contributed by atoms with E-state index >= 15 is 0 Å². The predicted molar refractivity (Wildman–Crippen MR) is 90.8 cm³/mol. The summed E-state index contributed by atoms with van der Waals surface area (Å²) in [7, 11) is 0. The number of hydrogen-bond acceptors (Lipinski definition) is 3. The molecule has 1 aromatic heterocycles. The number of nitrogens with zero attached hydrogens (tertiary/aromatic N) is 3.